The van der Waals surface area contributed by atoms with Crippen molar-refractivity contribution in [3.05, 3.63) is 65.2 Å². The molecule has 2 heterocycles. The number of β-amino-alcohol motifs (C(OH)–C–C–N with tert-alkyl or cyclic N) is 1. The second-order valence-corrected chi connectivity index (χ2v) is 9.39. The van der Waals surface area contributed by atoms with Crippen molar-refractivity contribution < 1.29 is 32.5 Å². The molecule has 2 atom stereocenters. The summed E-state index contributed by atoms with van der Waals surface area (Å²) in [5, 5.41) is 11.0. The third-order valence-electron chi connectivity index (χ3n) is 5.48. The predicted octanol–water partition coefficient (Wildman–Crippen LogP) is 2.10. The van der Waals surface area contributed by atoms with Crippen LogP contribution in [0.3, 0.4) is 0 Å². The molecule has 9 heteroatoms. The highest BCUT2D eigenvalue weighted by atomic mass is 32.2. The number of esters is 1. The largest absolute Gasteiger partial charge is 0.466 e. The van der Waals surface area contributed by atoms with E-state index < -0.39 is 28.0 Å². The van der Waals surface area contributed by atoms with Crippen molar-refractivity contribution in [3.8, 4) is 11.5 Å². The minimum atomic E-state index is -3.89. The summed E-state index contributed by atoms with van der Waals surface area (Å²) < 4.78 is 43.7. The summed E-state index contributed by atoms with van der Waals surface area (Å²) in [5.41, 5.74) is 2.21. The number of fused-ring (bicyclic) bond motifs is 3. The zero-order valence-electron chi connectivity index (χ0n) is 17.1. The highest BCUT2D eigenvalue weighted by Gasteiger charge is 2.37. The Kier molecular flexibility index (Phi) is 5.74. The number of nitrogens with zero attached hydrogens (tertiary/aromatic N) is 1. The lowest BCUT2D eigenvalue weighted by atomic mass is 9.89. The Balaban J connectivity index is 1.80. The van der Waals surface area contributed by atoms with Crippen molar-refractivity contribution in [3.63, 3.8) is 0 Å². The smallest absolute Gasteiger partial charge is 0.330 e. The van der Waals surface area contributed by atoms with Gasteiger partial charge < -0.3 is 19.3 Å². The number of aliphatic hydroxyl groups excluding tert-OH is 1. The van der Waals surface area contributed by atoms with Gasteiger partial charge in [0.05, 0.1) is 18.1 Å². The van der Waals surface area contributed by atoms with Crippen molar-refractivity contribution in [1.29, 1.82) is 0 Å². The molecule has 31 heavy (non-hydrogen) atoms. The van der Waals surface area contributed by atoms with Gasteiger partial charge in [0.25, 0.3) is 0 Å². The van der Waals surface area contributed by atoms with E-state index in [-0.39, 0.29) is 24.8 Å². The van der Waals surface area contributed by atoms with Crippen molar-refractivity contribution in [2.24, 2.45) is 0 Å². The number of rotatable bonds is 4. The van der Waals surface area contributed by atoms with E-state index in [1.165, 1.54) is 23.6 Å². The van der Waals surface area contributed by atoms with E-state index in [0.29, 0.717) is 22.6 Å². The van der Waals surface area contributed by atoms with Crippen LogP contribution in [0.4, 0.5) is 0 Å². The first kappa shape index (κ1) is 21.4. The zero-order chi connectivity index (χ0) is 22.2. The molecule has 0 amide bonds. The van der Waals surface area contributed by atoms with Crippen LogP contribution in [-0.2, 0) is 26.1 Å². The lowest BCUT2D eigenvalue weighted by Gasteiger charge is -2.23. The third-order valence-corrected chi connectivity index (χ3v) is 7.30. The third kappa shape index (κ3) is 4.04. The van der Waals surface area contributed by atoms with Gasteiger partial charge in [-0.15, -0.1) is 0 Å². The number of ether oxygens (including phenoxy) is 3. The molecule has 0 aromatic heterocycles. The predicted molar refractivity (Wildman–Crippen MR) is 111 cm³/mol. The average Bonchev–Trinajstić information content (AvgIpc) is 3.18. The van der Waals surface area contributed by atoms with Crippen LogP contribution in [0.25, 0.3) is 0 Å². The van der Waals surface area contributed by atoms with Gasteiger partial charge in [0.15, 0.2) is 11.5 Å². The lowest BCUT2D eigenvalue weighted by Crippen LogP contribution is -2.36. The van der Waals surface area contributed by atoms with E-state index in [1.807, 2.05) is 6.92 Å². The van der Waals surface area contributed by atoms with Crippen LogP contribution in [0.5, 0.6) is 11.5 Å². The molecule has 1 N–H and O–H groups in total. The molecular formula is C22H23NO7S. The summed E-state index contributed by atoms with van der Waals surface area (Å²) in [6.45, 7) is 1.75. The van der Waals surface area contributed by atoms with Crippen LogP contribution < -0.4 is 9.47 Å². The van der Waals surface area contributed by atoms with Crippen molar-refractivity contribution in [2.45, 2.75) is 30.4 Å². The van der Waals surface area contributed by atoms with E-state index in [1.54, 1.807) is 36.4 Å². The fourth-order valence-electron chi connectivity index (χ4n) is 3.82. The van der Waals surface area contributed by atoms with Crippen LogP contribution in [0, 0.1) is 6.92 Å². The second kappa shape index (κ2) is 8.33. The summed E-state index contributed by atoms with van der Waals surface area (Å²) in [6.07, 6.45) is 1.66. The fraction of sp³-hybridized carbons (Fsp3) is 0.318. The number of hydrogen-bond acceptors (Lipinski definition) is 7. The summed E-state index contributed by atoms with van der Waals surface area (Å²) in [6, 6.07) is 10.0. The molecule has 0 fully saturated rings. The van der Waals surface area contributed by atoms with Crippen molar-refractivity contribution >= 4 is 16.0 Å². The molecule has 0 aliphatic carbocycles. The van der Waals surface area contributed by atoms with Crippen LogP contribution in [-0.4, -0.2) is 50.4 Å². The Morgan fingerprint density at radius 2 is 1.94 bits per heavy atom. The molecular weight excluding hydrogens is 422 g/mol. The quantitative estimate of drug-likeness (QED) is 0.568. The zero-order valence-corrected chi connectivity index (χ0v) is 18.0. The topological polar surface area (TPSA) is 102 Å². The summed E-state index contributed by atoms with van der Waals surface area (Å²) in [7, 11) is -2.63. The molecule has 0 spiro atoms. The number of carbonyl (C=O) groups excluding carboxylic acids is 1. The van der Waals surface area contributed by atoms with E-state index in [9.17, 15) is 18.3 Å². The van der Waals surface area contributed by atoms with Gasteiger partial charge in [-0.1, -0.05) is 29.8 Å². The first-order valence-corrected chi connectivity index (χ1v) is 11.2. The maximum Gasteiger partial charge on any atom is 0.330 e. The number of carbonyl (C=O) groups is 1. The summed E-state index contributed by atoms with van der Waals surface area (Å²) in [5.74, 6) is -0.240. The summed E-state index contributed by atoms with van der Waals surface area (Å²) >= 11 is 0. The molecule has 2 aliphatic heterocycles. The molecule has 0 unspecified atom stereocenters. The van der Waals surface area contributed by atoms with Gasteiger partial charge in [0.2, 0.25) is 16.8 Å². The van der Waals surface area contributed by atoms with Crippen LogP contribution in [0.2, 0.25) is 0 Å². The van der Waals surface area contributed by atoms with E-state index in [2.05, 4.69) is 4.74 Å². The average molecular weight is 445 g/mol. The molecule has 8 nitrogen and oxygen atoms in total. The van der Waals surface area contributed by atoms with E-state index in [0.717, 1.165) is 5.56 Å². The van der Waals surface area contributed by atoms with Crippen LogP contribution in [0.15, 0.2) is 53.4 Å². The molecule has 164 valence electrons. The van der Waals surface area contributed by atoms with Gasteiger partial charge in [-0.25, -0.2) is 13.2 Å². The van der Waals surface area contributed by atoms with Crippen molar-refractivity contribution in [1.82, 2.24) is 4.31 Å². The Hall–Kier alpha value is -2.88. The number of aryl methyl sites for hydroxylation is 1. The number of sulfonamides is 1. The number of methoxy groups -OCH3 is 1. The number of hydrogen-bond donors (Lipinski definition) is 1. The lowest BCUT2D eigenvalue weighted by molar-refractivity contribution is -0.134. The number of aliphatic hydroxyl groups is 1. The molecule has 0 saturated carbocycles. The molecule has 2 aromatic carbocycles. The first-order chi connectivity index (χ1) is 14.8. The molecule has 4 rings (SSSR count). The van der Waals surface area contributed by atoms with Crippen LogP contribution >= 0.6 is 0 Å². The highest BCUT2D eigenvalue weighted by molar-refractivity contribution is 7.89. The normalized spacial score (nSPS) is 21.0. The van der Waals surface area contributed by atoms with Gasteiger partial charge in [0, 0.05) is 30.6 Å². The minimum absolute atomic E-state index is 0.00228. The fourth-order valence-corrected chi connectivity index (χ4v) is 5.24. The number of benzene rings is 2. The standard InChI is InChI=1S/C22H23NO7S/c1-14-3-5-15(6-4-14)31(26,27)23-11-18-16(7-9-20-22(18)30-13-29-20)17(19(24)12-23)8-10-21(25)28-2/h3-10,17,19,24H,11-13H2,1-2H3/b10-8+/t17-,19-/m0/s1. The Bertz CT molecular complexity index is 1130. The summed E-state index contributed by atoms with van der Waals surface area (Å²) in [4.78, 5) is 11.8. The Labute approximate surface area is 180 Å². The molecule has 0 bridgehead atoms. The van der Waals surface area contributed by atoms with Crippen molar-refractivity contribution in [2.75, 3.05) is 20.4 Å². The highest BCUT2D eigenvalue weighted by Crippen LogP contribution is 2.43. The van der Waals surface area contributed by atoms with Crippen LogP contribution in [0.1, 0.15) is 22.6 Å². The maximum absolute atomic E-state index is 13.4. The molecule has 2 aromatic rings. The van der Waals surface area contributed by atoms with Gasteiger partial charge in [-0.3, -0.25) is 0 Å². The molecule has 2 aliphatic rings. The van der Waals surface area contributed by atoms with E-state index in [4.69, 9.17) is 9.47 Å². The monoisotopic (exact) mass is 445 g/mol. The van der Waals surface area contributed by atoms with E-state index >= 15 is 0 Å². The molecule has 0 saturated heterocycles. The van der Waals surface area contributed by atoms with Gasteiger partial charge >= 0.3 is 5.97 Å². The minimum Gasteiger partial charge on any atom is -0.466 e. The Morgan fingerprint density at radius 1 is 1.19 bits per heavy atom. The Morgan fingerprint density at radius 3 is 2.65 bits per heavy atom. The SMILES string of the molecule is COC(=O)/C=C/[C@H]1c2ccc3c(c2CN(S(=O)(=O)c2ccc(C)cc2)C[C@@H]1O)OCO3. The van der Waals surface area contributed by atoms with Gasteiger partial charge in [-0.2, -0.15) is 4.31 Å². The van der Waals surface area contributed by atoms with Gasteiger partial charge in [-0.05, 0) is 30.7 Å². The first-order valence-electron chi connectivity index (χ1n) is 9.73. The van der Waals surface area contributed by atoms with Gasteiger partial charge in [0.1, 0.15) is 0 Å². The maximum atomic E-state index is 13.4. The molecule has 0 radical (unpaired) electrons. The second-order valence-electron chi connectivity index (χ2n) is 7.45.